The Morgan fingerprint density at radius 1 is 1.17 bits per heavy atom. The fraction of sp³-hybridized carbons (Fsp3) is 0.348. The van der Waals surface area contributed by atoms with Crippen molar-refractivity contribution >= 4 is 5.91 Å². The second-order valence-electron chi connectivity index (χ2n) is 7.82. The summed E-state index contributed by atoms with van der Waals surface area (Å²) in [5.74, 6) is 0.668. The normalized spacial score (nSPS) is 17.2. The van der Waals surface area contributed by atoms with Gasteiger partial charge >= 0.3 is 0 Å². The van der Waals surface area contributed by atoms with E-state index in [1.54, 1.807) is 11.0 Å². The molecule has 1 aliphatic heterocycles. The molecule has 0 aliphatic carbocycles. The molecule has 1 N–H and O–H groups in total. The average molecular weight is 390 g/mol. The molecule has 2 heterocycles. The van der Waals surface area contributed by atoms with Crippen LogP contribution in [-0.2, 0) is 13.1 Å². The Bertz CT molecular complexity index is 953. The SMILES string of the molecule is CC1CCCN(Cc2ccccc2CNC(=O)c2cccc(-n3cncn3)c2)C1. The molecule has 1 aromatic heterocycles. The molecule has 4 rings (SSSR count). The second kappa shape index (κ2) is 9.01. The summed E-state index contributed by atoms with van der Waals surface area (Å²) < 4.78 is 1.64. The van der Waals surface area contributed by atoms with E-state index in [0.29, 0.717) is 12.1 Å². The van der Waals surface area contributed by atoms with Crippen LogP contribution < -0.4 is 5.32 Å². The van der Waals surface area contributed by atoms with Crippen molar-refractivity contribution in [1.82, 2.24) is 25.0 Å². The van der Waals surface area contributed by atoms with Crippen molar-refractivity contribution in [3.63, 3.8) is 0 Å². The highest BCUT2D eigenvalue weighted by atomic mass is 16.1. The maximum atomic E-state index is 12.7. The van der Waals surface area contributed by atoms with Crippen molar-refractivity contribution in [2.75, 3.05) is 13.1 Å². The van der Waals surface area contributed by atoms with Gasteiger partial charge in [0, 0.05) is 25.2 Å². The van der Waals surface area contributed by atoms with Gasteiger partial charge in [-0.1, -0.05) is 37.3 Å². The molecule has 0 spiro atoms. The standard InChI is InChI=1S/C23H27N5O/c1-18-6-5-11-27(14-18)15-21-8-3-2-7-20(21)13-25-23(29)19-9-4-10-22(12-19)28-17-24-16-26-28/h2-4,7-10,12,16-18H,5-6,11,13-15H2,1H3,(H,25,29). The number of piperidine rings is 1. The molecule has 2 aromatic carbocycles. The predicted octanol–water partition coefficient (Wildman–Crippen LogP) is 3.43. The van der Waals surface area contributed by atoms with Crippen LogP contribution in [0.5, 0.6) is 0 Å². The molecule has 1 fully saturated rings. The van der Waals surface area contributed by atoms with E-state index in [0.717, 1.165) is 31.2 Å². The zero-order valence-corrected chi connectivity index (χ0v) is 16.8. The van der Waals surface area contributed by atoms with E-state index in [4.69, 9.17) is 0 Å². The summed E-state index contributed by atoms with van der Waals surface area (Å²) in [6.07, 6.45) is 5.69. The highest BCUT2D eigenvalue weighted by Gasteiger charge is 2.17. The van der Waals surface area contributed by atoms with E-state index in [1.807, 2.05) is 30.3 Å². The molecule has 0 bridgehead atoms. The molecule has 29 heavy (non-hydrogen) atoms. The van der Waals surface area contributed by atoms with E-state index in [9.17, 15) is 4.79 Å². The quantitative estimate of drug-likeness (QED) is 0.702. The van der Waals surface area contributed by atoms with Gasteiger partial charge in [-0.05, 0) is 54.6 Å². The topological polar surface area (TPSA) is 63.1 Å². The predicted molar refractivity (Wildman–Crippen MR) is 113 cm³/mol. The fourth-order valence-corrected chi connectivity index (χ4v) is 3.96. The number of hydrogen-bond donors (Lipinski definition) is 1. The van der Waals surface area contributed by atoms with E-state index < -0.39 is 0 Å². The lowest BCUT2D eigenvalue weighted by atomic mass is 9.99. The minimum absolute atomic E-state index is 0.0895. The maximum Gasteiger partial charge on any atom is 0.251 e. The minimum atomic E-state index is -0.0895. The largest absolute Gasteiger partial charge is 0.348 e. The molecular formula is C23H27N5O. The molecule has 150 valence electrons. The van der Waals surface area contributed by atoms with E-state index in [2.05, 4.69) is 45.4 Å². The third-order valence-corrected chi connectivity index (χ3v) is 5.48. The first-order chi connectivity index (χ1) is 14.2. The van der Waals surface area contributed by atoms with Gasteiger partial charge in [0.25, 0.3) is 5.91 Å². The van der Waals surface area contributed by atoms with Crippen LogP contribution in [0.4, 0.5) is 0 Å². The van der Waals surface area contributed by atoms with Gasteiger partial charge in [0.15, 0.2) is 0 Å². The Morgan fingerprint density at radius 3 is 2.83 bits per heavy atom. The summed E-state index contributed by atoms with van der Waals surface area (Å²) in [5, 5.41) is 7.19. The Labute approximate surface area is 171 Å². The van der Waals surface area contributed by atoms with Crippen LogP contribution in [-0.4, -0.2) is 38.7 Å². The van der Waals surface area contributed by atoms with Gasteiger partial charge in [-0.2, -0.15) is 5.10 Å². The van der Waals surface area contributed by atoms with Crippen molar-refractivity contribution in [3.05, 3.63) is 77.9 Å². The molecule has 3 aromatic rings. The van der Waals surface area contributed by atoms with Crippen LogP contribution in [0.2, 0.25) is 0 Å². The van der Waals surface area contributed by atoms with Gasteiger partial charge in [-0.15, -0.1) is 0 Å². The molecular weight excluding hydrogens is 362 g/mol. The number of carbonyl (C=O) groups excluding carboxylic acids is 1. The summed E-state index contributed by atoms with van der Waals surface area (Å²) >= 11 is 0. The van der Waals surface area contributed by atoms with Crippen LogP contribution in [0.25, 0.3) is 5.69 Å². The number of nitrogens with zero attached hydrogens (tertiary/aromatic N) is 4. The average Bonchev–Trinajstić information content (AvgIpc) is 3.28. The number of likely N-dealkylation sites (tertiary alicyclic amines) is 1. The van der Waals surface area contributed by atoms with Gasteiger partial charge in [0.05, 0.1) is 5.69 Å². The summed E-state index contributed by atoms with van der Waals surface area (Å²) in [6.45, 7) is 6.09. The van der Waals surface area contributed by atoms with Crippen LogP contribution in [0.3, 0.4) is 0 Å². The number of amides is 1. The van der Waals surface area contributed by atoms with Crippen molar-refractivity contribution in [1.29, 1.82) is 0 Å². The molecule has 6 heteroatoms. The van der Waals surface area contributed by atoms with Gasteiger partial charge in [0.1, 0.15) is 12.7 Å². The van der Waals surface area contributed by atoms with Crippen molar-refractivity contribution in [2.45, 2.75) is 32.9 Å². The number of carbonyl (C=O) groups is 1. The monoisotopic (exact) mass is 389 g/mol. The maximum absolute atomic E-state index is 12.7. The third kappa shape index (κ3) is 4.90. The Hall–Kier alpha value is -2.99. The van der Waals surface area contributed by atoms with Gasteiger partial charge in [-0.3, -0.25) is 9.69 Å². The zero-order valence-electron chi connectivity index (χ0n) is 16.8. The third-order valence-electron chi connectivity index (χ3n) is 5.48. The Morgan fingerprint density at radius 2 is 2.03 bits per heavy atom. The molecule has 0 radical (unpaired) electrons. The van der Waals surface area contributed by atoms with Gasteiger partial charge < -0.3 is 5.32 Å². The fourth-order valence-electron chi connectivity index (χ4n) is 3.96. The summed E-state index contributed by atoms with van der Waals surface area (Å²) in [7, 11) is 0. The Balaban J connectivity index is 1.41. The first kappa shape index (κ1) is 19.3. The molecule has 1 aliphatic rings. The highest BCUT2D eigenvalue weighted by molar-refractivity contribution is 5.94. The van der Waals surface area contributed by atoms with Crippen LogP contribution in [0, 0.1) is 5.92 Å². The Kier molecular flexibility index (Phi) is 6.00. The number of nitrogens with one attached hydrogen (secondary N) is 1. The van der Waals surface area contributed by atoms with Crippen LogP contribution in [0.15, 0.2) is 61.2 Å². The summed E-state index contributed by atoms with van der Waals surface area (Å²) in [4.78, 5) is 19.2. The molecule has 1 saturated heterocycles. The lowest BCUT2D eigenvalue weighted by molar-refractivity contribution is 0.0950. The van der Waals surface area contributed by atoms with E-state index in [1.165, 1.54) is 30.3 Å². The zero-order chi connectivity index (χ0) is 20.1. The number of aromatic nitrogens is 3. The highest BCUT2D eigenvalue weighted by Crippen LogP contribution is 2.19. The lowest BCUT2D eigenvalue weighted by Gasteiger charge is -2.31. The number of hydrogen-bond acceptors (Lipinski definition) is 4. The van der Waals surface area contributed by atoms with E-state index in [-0.39, 0.29) is 5.91 Å². The van der Waals surface area contributed by atoms with Crippen LogP contribution >= 0.6 is 0 Å². The number of benzene rings is 2. The smallest absolute Gasteiger partial charge is 0.251 e. The molecule has 0 saturated carbocycles. The van der Waals surface area contributed by atoms with Crippen molar-refractivity contribution < 1.29 is 4.79 Å². The summed E-state index contributed by atoms with van der Waals surface area (Å²) in [5.41, 5.74) is 3.89. The minimum Gasteiger partial charge on any atom is -0.348 e. The molecule has 1 unspecified atom stereocenters. The van der Waals surface area contributed by atoms with Gasteiger partial charge in [-0.25, -0.2) is 9.67 Å². The van der Waals surface area contributed by atoms with Gasteiger partial charge in [0.2, 0.25) is 0 Å². The van der Waals surface area contributed by atoms with Crippen molar-refractivity contribution in [2.24, 2.45) is 5.92 Å². The summed E-state index contributed by atoms with van der Waals surface area (Å²) in [6, 6.07) is 15.8. The first-order valence-corrected chi connectivity index (χ1v) is 10.2. The first-order valence-electron chi connectivity index (χ1n) is 10.2. The number of rotatable bonds is 6. The van der Waals surface area contributed by atoms with Crippen LogP contribution in [0.1, 0.15) is 41.3 Å². The van der Waals surface area contributed by atoms with Crippen molar-refractivity contribution in [3.8, 4) is 5.69 Å². The molecule has 6 nitrogen and oxygen atoms in total. The molecule has 1 amide bonds. The van der Waals surface area contributed by atoms with E-state index >= 15 is 0 Å². The lowest BCUT2D eigenvalue weighted by Crippen LogP contribution is -2.34. The second-order valence-corrected chi connectivity index (χ2v) is 7.82. The molecule has 1 atom stereocenters.